The van der Waals surface area contributed by atoms with Crippen LogP contribution in [0.1, 0.15) is 21.6 Å². The van der Waals surface area contributed by atoms with E-state index >= 15 is 8.78 Å². The number of aryl methyl sites for hydroxylation is 2. The second-order valence-electron chi connectivity index (χ2n) is 11.6. The Labute approximate surface area is 273 Å². The van der Waals surface area contributed by atoms with E-state index in [0.29, 0.717) is 34.2 Å². The van der Waals surface area contributed by atoms with Crippen LogP contribution in [0.2, 0.25) is 0 Å². The fourth-order valence-electron chi connectivity index (χ4n) is 6.19. The van der Waals surface area contributed by atoms with Crippen molar-refractivity contribution in [2.45, 2.75) is 31.6 Å². The topological polar surface area (TPSA) is 118 Å². The van der Waals surface area contributed by atoms with E-state index in [1.54, 1.807) is 14.0 Å². The van der Waals surface area contributed by atoms with Gasteiger partial charge in [-0.25, -0.2) is 22.9 Å². The molecule has 1 saturated heterocycles. The van der Waals surface area contributed by atoms with Crippen molar-refractivity contribution in [2.24, 2.45) is 7.05 Å². The van der Waals surface area contributed by atoms with Gasteiger partial charge in [-0.15, -0.1) is 0 Å². The van der Waals surface area contributed by atoms with Gasteiger partial charge in [0.15, 0.2) is 0 Å². The highest BCUT2D eigenvalue weighted by Gasteiger charge is 2.46. The molecule has 1 unspecified atom stereocenters. The number of pyridine rings is 2. The first-order valence-corrected chi connectivity index (χ1v) is 14.8. The predicted octanol–water partition coefficient (Wildman–Crippen LogP) is 4.77. The van der Waals surface area contributed by atoms with Crippen molar-refractivity contribution in [1.29, 1.82) is 0 Å². The van der Waals surface area contributed by atoms with Gasteiger partial charge in [0.2, 0.25) is 0 Å². The summed E-state index contributed by atoms with van der Waals surface area (Å²) in [6, 6.07) is 4.35. The third-order valence-corrected chi connectivity index (χ3v) is 8.63. The van der Waals surface area contributed by atoms with Crippen LogP contribution in [0.4, 0.5) is 32.0 Å². The molecule has 4 heterocycles. The van der Waals surface area contributed by atoms with E-state index in [1.165, 1.54) is 51.7 Å². The zero-order valence-corrected chi connectivity index (χ0v) is 25.8. The van der Waals surface area contributed by atoms with E-state index in [-0.39, 0.29) is 35.6 Å². The summed E-state index contributed by atoms with van der Waals surface area (Å²) < 4.78 is 92.8. The molecule has 2 atom stereocenters. The number of carbonyl (C=O) groups is 2. The summed E-state index contributed by atoms with van der Waals surface area (Å²) in [4.78, 5) is 43.8. The molecule has 1 amide bonds. The first kappa shape index (κ1) is 33.5. The highest BCUT2D eigenvalue weighted by Crippen LogP contribution is 2.33. The van der Waals surface area contributed by atoms with Crippen LogP contribution >= 0.6 is 0 Å². The van der Waals surface area contributed by atoms with Gasteiger partial charge < -0.3 is 29.0 Å². The molecular weight excluding hydrogens is 660 g/mol. The lowest BCUT2D eigenvalue weighted by atomic mass is 9.98. The molecule has 5 aromatic rings. The summed E-state index contributed by atoms with van der Waals surface area (Å²) >= 11 is 0. The highest BCUT2D eigenvalue weighted by molar-refractivity contribution is 5.97. The van der Waals surface area contributed by atoms with Crippen LogP contribution in [-0.4, -0.2) is 69.0 Å². The molecule has 0 saturated carbocycles. The summed E-state index contributed by atoms with van der Waals surface area (Å²) in [5.41, 5.74) is 0.114. The van der Waals surface area contributed by atoms with Gasteiger partial charge in [-0.3, -0.25) is 9.59 Å². The first-order chi connectivity index (χ1) is 23.2. The molecule has 49 heavy (non-hydrogen) atoms. The van der Waals surface area contributed by atoms with Gasteiger partial charge in [0.05, 0.1) is 24.3 Å². The summed E-state index contributed by atoms with van der Waals surface area (Å²) in [5.74, 6) is -6.46. The van der Waals surface area contributed by atoms with Gasteiger partial charge in [-0.05, 0) is 55.0 Å². The minimum Gasteiger partial charge on any atom is -0.480 e. The Hall–Kier alpha value is -5.38. The maximum absolute atomic E-state index is 15.2. The number of hydrogen-bond donors (Lipinski definition) is 2. The lowest BCUT2D eigenvalue weighted by molar-refractivity contribution is -0.167. The average Bonchev–Trinajstić information content (AvgIpc) is 3.54. The van der Waals surface area contributed by atoms with Gasteiger partial charge in [0, 0.05) is 54.7 Å². The van der Waals surface area contributed by atoms with Crippen LogP contribution < -0.4 is 15.8 Å². The standard InChI is InChI=1S/C33H27F6N5O5/c1-16-21-11-17(34)3-6-25(21)42(2)31(46)27(16)20-5-4-18(44-8-7-40-29(20)44)14-24(32(47)48)41-30(45)28-22(35)12-19(13-23(28)36)43-9-10-49-15-26(43)33(37,38)39/h3-8,11-13,24,26H,9-10,14-15H2,1-2H3,(H,41,45)(H,47,48)/t24?,26-/m1/s1. The molecule has 0 spiro atoms. The van der Waals surface area contributed by atoms with Crippen molar-refractivity contribution in [3.63, 3.8) is 0 Å². The largest absolute Gasteiger partial charge is 0.480 e. The summed E-state index contributed by atoms with van der Waals surface area (Å²) in [6.45, 7) is 0.480. The Kier molecular flexibility index (Phi) is 8.60. The monoisotopic (exact) mass is 687 g/mol. The quantitative estimate of drug-likeness (QED) is 0.237. The fraction of sp³-hybridized carbons (Fsp3) is 0.273. The number of alkyl halides is 3. The molecule has 256 valence electrons. The van der Waals surface area contributed by atoms with E-state index in [1.807, 2.05) is 0 Å². The maximum atomic E-state index is 15.2. The molecule has 16 heteroatoms. The molecule has 10 nitrogen and oxygen atoms in total. The molecule has 0 radical (unpaired) electrons. The Morgan fingerprint density at radius 2 is 1.82 bits per heavy atom. The van der Waals surface area contributed by atoms with E-state index in [9.17, 15) is 37.1 Å². The summed E-state index contributed by atoms with van der Waals surface area (Å²) in [6.07, 6.45) is -2.27. The normalized spacial score (nSPS) is 15.9. The number of ether oxygens (including phenoxy) is 1. The van der Waals surface area contributed by atoms with Crippen molar-refractivity contribution in [3.05, 3.63) is 99.5 Å². The number of halogens is 6. The second-order valence-corrected chi connectivity index (χ2v) is 11.6. The van der Waals surface area contributed by atoms with Crippen LogP contribution in [0, 0.1) is 24.4 Å². The van der Waals surface area contributed by atoms with Crippen molar-refractivity contribution < 1.29 is 45.8 Å². The number of hydrogen-bond acceptors (Lipinski definition) is 6. The van der Waals surface area contributed by atoms with Gasteiger partial charge in [0.1, 0.15) is 40.7 Å². The number of carboxylic acids is 1. The Morgan fingerprint density at radius 1 is 1.10 bits per heavy atom. The molecule has 6 rings (SSSR count). The average molecular weight is 688 g/mol. The van der Waals surface area contributed by atoms with Crippen LogP contribution in [0.15, 0.2) is 59.7 Å². The van der Waals surface area contributed by atoms with E-state index in [4.69, 9.17) is 4.74 Å². The van der Waals surface area contributed by atoms with Crippen molar-refractivity contribution in [3.8, 4) is 11.1 Å². The smallest absolute Gasteiger partial charge is 0.411 e. The number of benzene rings is 2. The Morgan fingerprint density at radius 3 is 2.49 bits per heavy atom. The molecule has 1 aliphatic heterocycles. The molecule has 3 aromatic heterocycles. The van der Waals surface area contributed by atoms with Crippen molar-refractivity contribution in [1.82, 2.24) is 19.3 Å². The highest BCUT2D eigenvalue weighted by atomic mass is 19.4. The zero-order chi connectivity index (χ0) is 35.4. The van der Waals surface area contributed by atoms with E-state index in [0.717, 1.165) is 4.90 Å². The molecular formula is C33H27F6N5O5. The van der Waals surface area contributed by atoms with Crippen LogP contribution in [0.25, 0.3) is 27.7 Å². The number of imidazole rings is 1. The lowest BCUT2D eigenvalue weighted by Crippen LogP contribution is -2.53. The number of amides is 1. The van der Waals surface area contributed by atoms with Crippen LogP contribution in [0.3, 0.4) is 0 Å². The maximum Gasteiger partial charge on any atom is 0.411 e. The molecule has 0 bridgehead atoms. The second kappa shape index (κ2) is 12.6. The number of fused-ring (bicyclic) bond motifs is 2. The van der Waals surface area contributed by atoms with Crippen molar-refractivity contribution in [2.75, 3.05) is 24.7 Å². The van der Waals surface area contributed by atoms with E-state index in [2.05, 4.69) is 10.3 Å². The van der Waals surface area contributed by atoms with Crippen LogP contribution in [0.5, 0.6) is 0 Å². The van der Waals surface area contributed by atoms with Gasteiger partial charge in [-0.2, -0.15) is 13.2 Å². The molecule has 1 fully saturated rings. The zero-order valence-electron chi connectivity index (χ0n) is 25.8. The first-order valence-electron chi connectivity index (χ1n) is 14.8. The Bertz CT molecular complexity index is 2170. The minimum atomic E-state index is -4.76. The Balaban J connectivity index is 1.30. The summed E-state index contributed by atoms with van der Waals surface area (Å²) in [5, 5.41) is 12.5. The molecule has 2 N–H and O–H groups in total. The van der Waals surface area contributed by atoms with Gasteiger partial charge in [0.25, 0.3) is 11.5 Å². The van der Waals surface area contributed by atoms with Gasteiger partial charge >= 0.3 is 12.1 Å². The fourth-order valence-corrected chi connectivity index (χ4v) is 6.19. The third-order valence-electron chi connectivity index (χ3n) is 8.63. The number of morpholine rings is 1. The molecule has 1 aliphatic rings. The lowest BCUT2D eigenvalue weighted by Gasteiger charge is -2.38. The number of rotatable bonds is 7. The van der Waals surface area contributed by atoms with Crippen LogP contribution in [-0.2, 0) is 23.0 Å². The minimum absolute atomic E-state index is 0.123. The number of carboxylic acid groups (broad SMARTS) is 1. The van der Waals surface area contributed by atoms with Crippen molar-refractivity contribution >= 4 is 34.1 Å². The SMILES string of the molecule is Cc1c(-c2ccc(CC(NC(=O)c3c(F)cc(N4CCOC[C@@H]4C(F)(F)F)cc3F)C(=O)O)n3ccnc23)c(=O)n(C)c2ccc(F)cc12. The summed E-state index contributed by atoms with van der Waals surface area (Å²) in [7, 11) is 1.55. The number of aliphatic carboxylic acids is 1. The number of nitrogens with zero attached hydrogens (tertiary/aromatic N) is 4. The van der Waals surface area contributed by atoms with Gasteiger partial charge in [-0.1, -0.05) is 0 Å². The van der Waals surface area contributed by atoms with E-state index < -0.39 is 71.9 Å². The predicted molar refractivity (Wildman–Crippen MR) is 165 cm³/mol. The molecule has 2 aromatic carbocycles. The number of anilines is 1. The number of aromatic nitrogens is 3. The third kappa shape index (κ3) is 6.07. The molecule has 0 aliphatic carbocycles. The number of carbonyl (C=O) groups excluding carboxylic acids is 1. The number of nitrogens with one attached hydrogen (secondary N) is 1.